The van der Waals surface area contributed by atoms with Crippen molar-refractivity contribution < 1.29 is 26.0 Å². The summed E-state index contributed by atoms with van der Waals surface area (Å²) in [5.74, 6) is -2.35. The van der Waals surface area contributed by atoms with Crippen LogP contribution in [0.25, 0.3) is 32.9 Å². The number of hydrogen-bond donors (Lipinski definition) is 2. The number of fused-ring (bicyclic) bond motifs is 2. The van der Waals surface area contributed by atoms with Crippen LogP contribution >= 0.6 is 0 Å². The molecule has 0 atom stereocenters. The molecule has 3 N–H and O–H groups in total. The van der Waals surface area contributed by atoms with Gasteiger partial charge in [-0.1, -0.05) is 24.3 Å². The van der Waals surface area contributed by atoms with Crippen LogP contribution in [0, 0.1) is 5.82 Å². The molecule has 0 unspecified atom stereocenters. The lowest BCUT2D eigenvalue weighted by atomic mass is 9.97. The zero-order chi connectivity index (χ0) is 24.8. The van der Waals surface area contributed by atoms with E-state index in [0.29, 0.717) is 10.8 Å². The molecule has 13 heteroatoms. The SMILES string of the molecule is Cn1c(=O)c(-c2cc(F)c(NS(=O)(=O)CCC(F)(F)F)c3ccccc23)cc2cnc(N)nc21. The first kappa shape index (κ1) is 23.4. The average molecular weight is 495 g/mol. The van der Waals surface area contributed by atoms with Gasteiger partial charge in [0.05, 0.1) is 17.9 Å². The second kappa shape index (κ2) is 8.24. The number of rotatable bonds is 5. The van der Waals surface area contributed by atoms with Crippen molar-refractivity contribution in [2.75, 3.05) is 16.2 Å². The lowest BCUT2D eigenvalue weighted by molar-refractivity contribution is -0.129. The lowest BCUT2D eigenvalue weighted by Crippen LogP contribution is -2.23. The molecule has 4 rings (SSSR count). The number of nitrogen functional groups attached to an aromatic ring is 1. The first-order chi connectivity index (χ1) is 15.9. The van der Waals surface area contributed by atoms with Crippen LogP contribution in [0.3, 0.4) is 0 Å². The number of aryl methyl sites for hydroxylation is 1. The van der Waals surface area contributed by atoms with E-state index in [9.17, 15) is 26.4 Å². The molecule has 0 amide bonds. The summed E-state index contributed by atoms with van der Waals surface area (Å²) in [5, 5.41) is 0.835. The molecule has 0 saturated carbocycles. The van der Waals surface area contributed by atoms with Gasteiger partial charge in [-0.15, -0.1) is 0 Å². The fourth-order valence-electron chi connectivity index (χ4n) is 3.58. The highest BCUT2D eigenvalue weighted by Gasteiger charge is 2.30. The molecule has 0 fully saturated rings. The Balaban J connectivity index is 1.89. The maximum absolute atomic E-state index is 15.2. The number of halogens is 4. The standard InChI is InChI=1S/C21H17F4N5O3S/c1-30-18-11(10-27-20(26)28-18)8-15(19(30)31)14-9-16(22)17(13-5-3-2-4-12(13)14)29-34(32,33)7-6-21(23,24)25/h2-5,8-10,29H,6-7H2,1H3,(H2,26,27,28). The number of aromatic nitrogens is 3. The van der Waals surface area contributed by atoms with Crippen LogP contribution in [0.2, 0.25) is 0 Å². The van der Waals surface area contributed by atoms with Gasteiger partial charge in [0.25, 0.3) is 5.56 Å². The Morgan fingerprint density at radius 3 is 2.47 bits per heavy atom. The number of nitrogens with two attached hydrogens (primary N) is 1. The number of alkyl halides is 3. The number of anilines is 2. The Bertz CT molecular complexity index is 1600. The number of nitrogens with zero attached hydrogens (tertiary/aromatic N) is 3. The van der Waals surface area contributed by atoms with Crippen molar-refractivity contribution in [2.45, 2.75) is 12.6 Å². The summed E-state index contributed by atoms with van der Waals surface area (Å²) in [6.07, 6.45) is -4.87. The van der Waals surface area contributed by atoms with Crippen molar-refractivity contribution in [3.63, 3.8) is 0 Å². The van der Waals surface area contributed by atoms with Gasteiger partial charge < -0.3 is 5.73 Å². The molecule has 8 nitrogen and oxygen atoms in total. The molecule has 0 aliphatic carbocycles. The van der Waals surface area contributed by atoms with E-state index in [0.717, 1.165) is 6.07 Å². The minimum atomic E-state index is -4.69. The minimum Gasteiger partial charge on any atom is -0.368 e. The van der Waals surface area contributed by atoms with Crippen molar-refractivity contribution >= 4 is 43.5 Å². The van der Waals surface area contributed by atoms with Crippen molar-refractivity contribution in [3.8, 4) is 11.1 Å². The molecule has 4 aromatic rings. The first-order valence-electron chi connectivity index (χ1n) is 9.77. The molecule has 0 aliphatic rings. The van der Waals surface area contributed by atoms with Gasteiger partial charge in [0.2, 0.25) is 16.0 Å². The van der Waals surface area contributed by atoms with Gasteiger partial charge in [-0.25, -0.2) is 17.8 Å². The van der Waals surface area contributed by atoms with Crippen molar-refractivity contribution in [1.82, 2.24) is 14.5 Å². The molecule has 0 bridgehead atoms. The molecular formula is C21H17F4N5O3S. The third-order valence-electron chi connectivity index (χ3n) is 5.17. The van der Waals surface area contributed by atoms with E-state index in [4.69, 9.17) is 5.73 Å². The van der Waals surface area contributed by atoms with Crippen LogP contribution < -0.4 is 16.0 Å². The van der Waals surface area contributed by atoms with Crippen LogP contribution in [0.1, 0.15) is 6.42 Å². The van der Waals surface area contributed by atoms with Crippen LogP contribution in [-0.2, 0) is 17.1 Å². The summed E-state index contributed by atoms with van der Waals surface area (Å²) < 4.78 is 80.2. The van der Waals surface area contributed by atoms with E-state index < -0.39 is 45.4 Å². The van der Waals surface area contributed by atoms with Crippen LogP contribution in [0.5, 0.6) is 0 Å². The molecule has 2 heterocycles. The Labute approximate surface area is 190 Å². The molecule has 0 aliphatic heterocycles. The summed E-state index contributed by atoms with van der Waals surface area (Å²) >= 11 is 0. The summed E-state index contributed by atoms with van der Waals surface area (Å²) in [7, 11) is -3.05. The topological polar surface area (TPSA) is 120 Å². The number of pyridine rings is 1. The average Bonchev–Trinajstić information content (AvgIpc) is 2.77. The Morgan fingerprint density at radius 1 is 1.12 bits per heavy atom. The van der Waals surface area contributed by atoms with E-state index in [1.54, 1.807) is 12.1 Å². The van der Waals surface area contributed by atoms with Gasteiger partial charge >= 0.3 is 6.18 Å². The smallest absolute Gasteiger partial charge is 0.368 e. The zero-order valence-electron chi connectivity index (χ0n) is 17.5. The van der Waals surface area contributed by atoms with Gasteiger partial charge in [0.15, 0.2) is 0 Å². The van der Waals surface area contributed by atoms with Gasteiger partial charge in [0, 0.05) is 29.6 Å². The van der Waals surface area contributed by atoms with Gasteiger partial charge in [-0.05, 0) is 23.1 Å². The third kappa shape index (κ3) is 4.51. The predicted molar refractivity (Wildman–Crippen MR) is 120 cm³/mol. The van der Waals surface area contributed by atoms with E-state index in [1.807, 2.05) is 4.72 Å². The molecule has 0 radical (unpaired) electrons. The van der Waals surface area contributed by atoms with Crippen molar-refractivity contribution in [3.05, 3.63) is 58.8 Å². The summed E-state index contributed by atoms with van der Waals surface area (Å²) in [6, 6.07) is 8.48. The van der Waals surface area contributed by atoms with E-state index >= 15 is 4.39 Å². The first-order valence-corrected chi connectivity index (χ1v) is 11.4. The van der Waals surface area contributed by atoms with Gasteiger partial charge in [-0.3, -0.25) is 14.1 Å². The van der Waals surface area contributed by atoms with Crippen molar-refractivity contribution in [1.29, 1.82) is 0 Å². The quantitative estimate of drug-likeness (QED) is 0.409. The fraction of sp³-hybridized carbons (Fsp3) is 0.190. The van der Waals surface area contributed by atoms with Crippen molar-refractivity contribution in [2.24, 2.45) is 7.05 Å². The summed E-state index contributed by atoms with van der Waals surface area (Å²) in [5.41, 5.74) is 5.08. The number of sulfonamides is 1. The Hall–Kier alpha value is -3.74. The maximum Gasteiger partial charge on any atom is 0.390 e. The number of hydrogen-bond acceptors (Lipinski definition) is 6. The fourth-order valence-corrected chi connectivity index (χ4v) is 4.70. The van der Waals surface area contributed by atoms with E-state index in [-0.39, 0.29) is 28.1 Å². The highest BCUT2D eigenvalue weighted by molar-refractivity contribution is 7.92. The highest BCUT2D eigenvalue weighted by atomic mass is 32.2. The van der Waals surface area contributed by atoms with Crippen LogP contribution in [0.15, 0.2) is 47.4 Å². The largest absolute Gasteiger partial charge is 0.390 e. The zero-order valence-corrected chi connectivity index (χ0v) is 18.3. The van der Waals surface area contributed by atoms with E-state index in [1.165, 1.54) is 36.0 Å². The van der Waals surface area contributed by atoms with Gasteiger partial charge in [0.1, 0.15) is 11.5 Å². The molecule has 0 spiro atoms. The highest BCUT2D eigenvalue weighted by Crippen LogP contribution is 2.36. The Kier molecular flexibility index (Phi) is 5.67. The van der Waals surface area contributed by atoms with Crippen LogP contribution in [0.4, 0.5) is 29.2 Å². The molecule has 2 aromatic carbocycles. The normalized spacial score (nSPS) is 12.4. The summed E-state index contributed by atoms with van der Waals surface area (Å²) in [6.45, 7) is 0. The number of benzene rings is 2. The maximum atomic E-state index is 15.2. The number of nitrogens with one attached hydrogen (secondary N) is 1. The predicted octanol–water partition coefficient (Wildman–Crippen LogP) is 3.56. The molecular weight excluding hydrogens is 478 g/mol. The molecule has 2 aromatic heterocycles. The Morgan fingerprint density at radius 2 is 1.79 bits per heavy atom. The monoisotopic (exact) mass is 495 g/mol. The second-order valence-electron chi connectivity index (χ2n) is 7.54. The molecule has 0 saturated heterocycles. The third-order valence-corrected chi connectivity index (χ3v) is 6.42. The lowest BCUT2D eigenvalue weighted by Gasteiger charge is -2.16. The minimum absolute atomic E-state index is 0.0334. The molecule has 178 valence electrons. The summed E-state index contributed by atoms with van der Waals surface area (Å²) in [4.78, 5) is 21.0. The molecule has 34 heavy (non-hydrogen) atoms. The van der Waals surface area contributed by atoms with Crippen LogP contribution in [-0.4, -0.2) is 34.9 Å². The van der Waals surface area contributed by atoms with E-state index in [2.05, 4.69) is 9.97 Å². The second-order valence-corrected chi connectivity index (χ2v) is 9.38. The van der Waals surface area contributed by atoms with Gasteiger partial charge in [-0.2, -0.15) is 18.2 Å².